The van der Waals surface area contributed by atoms with Crippen molar-refractivity contribution in [2.75, 3.05) is 27.0 Å². The molecule has 0 aliphatic heterocycles. The first-order chi connectivity index (χ1) is 10.2. The molecule has 124 valence electrons. The third-order valence-corrected chi connectivity index (χ3v) is 4.21. The number of hydrogen-bond donors (Lipinski definition) is 0. The van der Waals surface area contributed by atoms with E-state index in [4.69, 9.17) is 13.8 Å². The van der Waals surface area contributed by atoms with Crippen LogP contribution in [-0.4, -0.2) is 46.4 Å². The summed E-state index contributed by atoms with van der Waals surface area (Å²) in [7, 11) is 0.309. The molecule has 0 atom stereocenters. The highest BCUT2D eigenvalue weighted by Gasteiger charge is 2.24. The van der Waals surface area contributed by atoms with Gasteiger partial charge in [0, 0.05) is 13.1 Å². The van der Waals surface area contributed by atoms with Crippen molar-refractivity contribution in [1.29, 1.82) is 0 Å². The summed E-state index contributed by atoms with van der Waals surface area (Å²) in [5.41, 5.74) is 0.172. The lowest BCUT2D eigenvalue weighted by atomic mass is 10.2. The molecule has 0 aliphatic carbocycles. The van der Waals surface area contributed by atoms with Crippen molar-refractivity contribution in [2.45, 2.75) is 13.8 Å². The number of nitrogens with zero attached hydrogens (tertiary/aromatic N) is 1. The molecule has 1 aromatic carbocycles. The van der Waals surface area contributed by atoms with E-state index in [9.17, 15) is 13.2 Å². The second-order valence-electron chi connectivity index (χ2n) is 5.06. The van der Waals surface area contributed by atoms with E-state index in [0.717, 1.165) is 0 Å². The molecule has 1 rings (SSSR count). The normalized spacial score (nSPS) is 11.4. The maximum Gasteiger partial charge on any atom is 0.288 e. The van der Waals surface area contributed by atoms with Gasteiger partial charge in [0.2, 0.25) is 0 Å². The maximum absolute atomic E-state index is 12.3. The quantitative estimate of drug-likeness (QED) is 0.707. The van der Waals surface area contributed by atoms with E-state index in [1.165, 1.54) is 33.4 Å². The molecule has 0 radical (unpaired) electrons. The summed E-state index contributed by atoms with van der Waals surface area (Å²) in [4.78, 5) is 12.3. The molecule has 0 aliphatic rings. The van der Waals surface area contributed by atoms with Crippen LogP contribution in [0, 0.1) is 5.92 Å². The van der Waals surface area contributed by atoms with Crippen LogP contribution >= 0.6 is 0 Å². The van der Waals surface area contributed by atoms with Gasteiger partial charge in [0.1, 0.15) is 11.5 Å². The number of rotatable bonds is 7. The van der Waals surface area contributed by atoms with Crippen LogP contribution in [0.1, 0.15) is 24.2 Å². The number of hydrogen-bond acceptors (Lipinski definition) is 6. The van der Waals surface area contributed by atoms with Crippen molar-refractivity contribution in [2.24, 2.45) is 5.92 Å². The van der Waals surface area contributed by atoms with Gasteiger partial charge in [-0.3, -0.25) is 4.79 Å². The highest BCUT2D eigenvalue weighted by molar-refractivity contribution is 7.86. The van der Waals surface area contributed by atoms with Crippen LogP contribution in [0.4, 0.5) is 0 Å². The molecule has 0 unspecified atom stereocenters. The largest absolute Gasteiger partial charge is 0.497 e. The van der Waals surface area contributed by atoms with Crippen LogP contribution in [-0.2, 0) is 14.4 Å². The summed E-state index contributed by atoms with van der Waals surface area (Å²) in [6, 6.07) is 4.59. The van der Waals surface area contributed by atoms with Crippen molar-refractivity contribution in [1.82, 2.24) is 5.06 Å². The van der Waals surface area contributed by atoms with Gasteiger partial charge in [0.25, 0.3) is 16.0 Å². The molecule has 0 saturated heterocycles. The molecular weight excluding hydrogens is 310 g/mol. The molecule has 0 bridgehead atoms. The third kappa shape index (κ3) is 4.88. The predicted molar refractivity (Wildman–Crippen MR) is 81.3 cm³/mol. The average molecular weight is 331 g/mol. The lowest BCUT2D eigenvalue weighted by Gasteiger charge is -2.18. The van der Waals surface area contributed by atoms with Gasteiger partial charge in [-0.05, 0) is 18.1 Å². The van der Waals surface area contributed by atoms with E-state index in [0.29, 0.717) is 10.8 Å². The molecule has 0 saturated carbocycles. The van der Waals surface area contributed by atoms with Crippen LogP contribution in [0.15, 0.2) is 18.2 Å². The first-order valence-electron chi connectivity index (χ1n) is 6.62. The second-order valence-corrected chi connectivity index (χ2v) is 6.66. The Morgan fingerprint density at radius 3 is 2.36 bits per heavy atom. The number of amides is 1. The summed E-state index contributed by atoms with van der Waals surface area (Å²) in [5.74, 6) is -0.133. The minimum atomic E-state index is -3.83. The number of hydroxylamine groups is 2. The predicted octanol–water partition coefficient (Wildman–Crippen LogP) is 1.69. The van der Waals surface area contributed by atoms with Gasteiger partial charge in [-0.25, -0.2) is 5.06 Å². The van der Waals surface area contributed by atoms with E-state index in [1.54, 1.807) is 19.9 Å². The van der Waals surface area contributed by atoms with E-state index in [-0.39, 0.29) is 23.0 Å². The molecule has 7 nitrogen and oxygen atoms in total. The third-order valence-electron chi connectivity index (χ3n) is 2.69. The average Bonchev–Trinajstić information content (AvgIpc) is 2.43. The van der Waals surface area contributed by atoms with E-state index >= 15 is 0 Å². The number of methoxy groups -OCH3 is 2. The summed E-state index contributed by atoms with van der Waals surface area (Å²) in [5, 5.41) is 0.683. The van der Waals surface area contributed by atoms with Crippen molar-refractivity contribution in [3.8, 4) is 11.5 Å². The van der Waals surface area contributed by atoms with Gasteiger partial charge in [-0.1, -0.05) is 13.8 Å². The fourth-order valence-corrected chi connectivity index (χ4v) is 3.07. The fraction of sp³-hybridized carbons (Fsp3) is 0.500. The van der Waals surface area contributed by atoms with Crippen molar-refractivity contribution in [3.05, 3.63) is 23.8 Å². The monoisotopic (exact) mass is 331 g/mol. The highest BCUT2D eigenvalue weighted by Crippen LogP contribution is 2.25. The zero-order valence-electron chi connectivity index (χ0n) is 13.3. The minimum Gasteiger partial charge on any atom is -0.497 e. The Balaban J connectivity index is 2.96. The zero-order valence-corrected chi connectivity index (χ0v) is 14.1. The van der Waals surface area contributed by atoms with Crippen LogP contribution in [0.2, 0.25) is 0 Å². The standard InChI is InChI=1S/C14H21NO6S/c1-10(2)9-22(17,18)21-15(3)14(16)12-7-6-11(19-4)8-13(12)20-5/h6-8,10H,9H2,1-5H3. The van der Waals surface area contributed by atoms with E-state index in [2.05, 4.69) is 0 Å². The van der Waals surface area contributed by atoms with Gasteiger partial charge in [-0.15, -0.1) is 4.28 Å². The van der Waals surface area contributed by atoms with Crippen LogP contribution in [0.25, 0.3) is 0 Å². The van der Waals surface area contributed by atoms with Gasteiger partial charge in [-0.2, -0.15) is 8.42 Å². The first-order valence-corrected chi connectivity index (χ1v) is 8.20. The van der Waals surface area contributed by atoms with E-state index in [1.807, 2.05) is 0 Å². The van der Waals surface area contributed by atoms with Crippen molar-refractivity contribution >= 4 is 16.0 Å². The number of carbonyl (C=O) groups excluding carboxylic acids is 1. The minimum absolute atomic E-state index is 0.107. The van der Waals surface area contributed by atoms with Gasteiger partial charge >= 0.3 is 0 Å². The molecule has 0 heterocycles. The van der Waals surface area contributed by atoms with Crippen molar-refractivity contribution in [3.63, 3.8) is 0 Å². The molecule has 8 heteroatoms. The summed E-state index contributed by atoms with van der Waals surface area (Å²) in [6.45, 7) is 3.49. The van der Waals surface area contributed by atoms with Crippen LogP contribution < -0.4 is 9.47 Å². The maximum atomic E-state index is 12.3. The van der Waals surface area contributed by atoms with Gasteiger partial charge < -0.3 is 9.47 Å². The molecule has 0 aromatic heterocycles. The molecule has 1 amide bonds. The van der Waals surface area contributed by atoms with Crippen LogP contribution in [0.5, 0.6) is 11.5 Å². The fourth-order valence-electron chi connectivity index (χ4n) is 1.79. The van der Waals surface area contributed by atoms with E-state index < -0.39 is 16.0 Å². The molecule has 22 heavy (non-hydrogen) atoms. The summed E-state index contributed by atoms with van der Waals surface area (Å²) >= 11 is 0. The van der Waals surface area contributed by atoms with Crippen LogP contribution in [0.3, 0.4) is 0 Å². The lowest BCUT2D eigenvalue weighted by Crippen LogP contribution is -2.32. The Bertz CT molecular complexity index is 626. The Labute approximate surface area is 130 Å². The molecule has 0 N–H and O–H groups in total. The first kappa shape index (κ1) is 18.2. The smallest absolute Gasteiger partial charge is 0.288 e. The Hall–Kier alpha value is -1.80. The Morgan fingerprint density at radius 2 is 1.86 bits per heavy atom. The number of benzene rings is 1. The number of carbonyl (C=O) groups is 1. The van der Waals surface area contributed by atoms with Gasteiger partial charge in [0.15, 0.2) is 0 Å². The Morgan fingerprint density at radius 1 is 1.23 bits per heavy atom. The zero-order chi connectivity index (χ0) is 16.9. The Kier molecular flexibility index (Phi) is 6.19. The lowest BCUT2D eigenvalue weighted by molar-refractivity contribution is -0.00924. The molecule has 1 aromatic rings. The molecular formula is C14H21NO6S. The summed E-state index contributed by atoms with van der Waals surface area (Å²) in [6.07, 6.45) is 0. The number of ether oxygens (including phenoxy) is 2. The summed E-state index contributed by atoms with van der Waals surface area (Å²) < 4.78 is 38.5. The SMILES string of the molecule is COc1ccc(C(=O)N(C)OS(=O)(=O)CC(C)C)c(OC)c1. The van der Waals surface area contributed by atoms with Crippen molar-refractivity contribution < 1.29 is 27.0 Å². The molecule has 0 spiro atoms. The van der Waals surface area contributed by atoms with Gasteiger partial charge in [0.05, 0.1) is 25.5 Å². The topological polar surface area (TPSA) is 82.1 Å². The second kappa shape index (κ2) is 7.46. The highest BCUT2D eigenvalue weighted by atomic mass is 32.2. The molecule has 0 fully saturated rings.